The van der Waals surface area contributed by atoms with Gasteiger partial charge in [0.25, 0.3) is 11.6 Å². The number of carbonyl (C=O) groups is 1. The highest BCUT2D eigenvalue weighted by Crippen LogP contribution is 2.17. The van der Waals surface area contributed by atoms with Crippen molar-refractivity contribution < 1.29 is 14.5 Å². The van der Waals surface area contributed by atoms with Crippen molar-refractivity contribution in [3.05, 3.63) is 75.8 Å². The van der Waals surface area contributed by atoms with Crippen LogP contribution < -0.4 is 5.32 Å². The van der Waals surface area contributed by atoms with Gasteiger partial charge in [-0.2, -0.15) is 0 Å². The number of hydrogen-bond acceptors (Lipinski definition) is 4. The molecule has 0 saturated carbocycles. The Morgan fingerprint density at radius 1 is 1.18 bits per heavy atom. The number of carbonyl (C=O) groups excluding carboxylic acids is 1. The minimum Gasteiger partial charge on any atom is -0.367 e. The molecule has 114 valence electrons. The van der Waals surface area contributed by atoms with Crippen LogP contribution in [0, 0.1) is 10.1 Å². The minimum atomic E-state index is -0.681. The molecule has 6 heteroatoms. The topological polar surface area (TPSA) is 81.5 Å². The number of non-ortho nitro benzene ring substituents is 1. The van der Waals surface area contributed by atoms with E-state index in [0.717, 1.165) is 11.1 Å². The summed E-state index contributed by atoms with van der Waals surface area (Å²) in [6.07, 6.45) is -0.681. The number of benzene rings is 2. The number of amides is 1. The van der Waals surface area contributed by atoms with Crippen molar-refractivity contribution in [2.75, 3.05) is 7.11 Å². The van der Waals surface area contributed by atoms with Crippen molar-refractivity contribution in [2.45, 2.75) is 12.6 Å². The zero-order valence-corrected chi connectivity index (χ0v) is 12.1. The van der Waals surface area contributed by atoms with Crippen LogP contribution in [-0.2, 0) is 16.1 Å². The molecule has 1 atom stereocenters. The molecule has 1 amide bonds. The Morgan fingerprint density at radius 2 is 1.82 bits per heavy atom. The predicted octanol–water partition coefficient (Wildman–Crippen LogP) is 2.60. The van der Waals surface area contributed by atoms with E-state index in [1.807, 2.05) is 30.3 Å². The molecule has 2 aromatic rings. The van der Waals surface area contributed by atoms with Crippen LogP contribution in [0.5, 0.6) is 0 Å². The van der Waals surface area contributed by atoms with Gasteiger partial charge in [0.05, 0.1) is 4.92 Å². The van der Waals surface area contributed by atoms with E-state index in [1.54, 1.807) is 12.1 Å². The Balaban J connectivity index is 1.98. The van der Waals surface area contributed by atoms with E-state index in [9.17, 15) is 14.9 Å². The van der Waals surface area contributed by atoms with E-state index in [4.69, 9.17) is 4.74 Å². The second-order valence-electron chi connectivity index (χ2n) is 4.67. The zero-order valence-electron chi connectivity index (χ0n) is 12.1. The van der Waals surface area contributed by atoms with Crippen molar-refractivity contribution in [1.29, 1.82) is 0 Å². The average Bonchev–Trinajstić information content (AvgIpc) is 2.55. The van der Waals surface area contributed by atoms with Gasteiger partial charge in [0.1, 0.15) is 0 Å². The molecule has 0 spiro atoms. The van der Waals surface area contributed by atoms with Crippen molar-refractivity contribution in [1.82, 2.24) is 5.32 Å². The SMILES string of the molecule is CO[C@@H](C(=O)NCc1ccc([N+](=O)[O-])cc1)c1ccccc1. The average molecular weight is 300 g/mol. The van der Waals surface area contributed by atoms with Crippen molar-refractivity contribution in [2.24, 2.45) is 0 Å². The van der Waals surface area contributed by atoms with Gasteiger partial charge in [-0.25, -0.2) is 0 Å². The lowest BCUT2D eigenvalue weighted by Crippen LogP contribution is -2.29. The Bertz CT molecular complexity index is 641. The summed E-state index contributed by atoms with van der Waals surface area (Å²) in [5.74, 6) is -0.257. The second kappa shape index (κ2) is 7.33. The molecule has 0 heterocycles. The maximum atomic E-state index is 12.2. The van der Waals surface area contributed by atoms with Gasteiger partial charge in [0, 0.05) is 25.8 Å². The van der Waals surface area contributed by atoms with Gasteiger partial charge >= 0.3 is 0 Å². The smallest absolute Gasteiger partial charge is 0.269 e. The monoisotopic (exact) mass is 300 g/mol. The van der Waals surface area contributed by atoms with E-state index in [-0.39, 0.29) is 18.1 Å². The highest BCUT2D eigenvalue weighted by Gasteiger charge is 2.19. The minimum absolute atomic E-state index is 0.0223. The first-order chi connectivity index (χ1) is 10.6. The van der Waals surface area contributed by atoms with Gasteiger partial charge in [0.15, 0.2) is 6.10 Å². The molecule has 2 rings (SSSR count). The Hall–Kier alpha value is -2.73. The third-order valence-electron chi connectivity index (χ3n) is 3.19. The summed E-state index contributed by atoms with van der Waals surface area (Å²) in [6, 6.07) is 15.2. The third-order valence-corrected chi connectivity index (χ3v) is 3.19. The normalized spacial score (nSPS) is 11.7. The fraction of sp³-hybridized carbons (Fsp3) is 0.188. The Labute approximate surface area is 127 Å². The summed E-state index contributed by atoms with van der Waals surface area (Å²) in [5.41, 5.74) is 1.57. The second-order valence-corrected chi connectivity index (χ2v) is 4.67. The highest BCUT2D eigenvalue weighted by atomic mass is 16.6. The van der Waals surface area contributed by atoms with Crippen LogP contribution >= 0.6 is 0 Å². The number of methoxy groups -OCH3 is 1. The standard InChI is InChI=1S/C16H16N2O4/c1-22-15(13-5-3-2-4-6-13)16(19)17-11-12-7-9-14(10-8-12)18(20)21/h2-10,15H,11H2,1H3,(H,17,19)/t15-/m1/s1. The summed E-state index contributed by atoms with van der Waals surface area (Å²) < 4.78 is 5.24. The molecule has 0 unspecified atom stereocenters. The van der Waals surface area contributed by atoms with E-state index in [1.165, 1.54) is 19.2 Å². The van der Waals surface area contributed by atoms with Gasteiger partial charge in [-0.3, -0.25) is 14.9 Å². The summed E-state index contributed by atoms with van der Waals surface area (Å²) >= 11 is 0. The third kappa shape index (κ3) is 3.89. The van der Waals surface area contributed by atoms with Gasteiger partial charge in [-0.15, -0.1) is 0 Å². The maximum Gasteiger partial charge on any atom is 0.269 e. The van der Waals surface area contributed by atoms with Gasteiger partial charge in [-0.05, 0) is 11.1 Å². The molecular formula is C16H16N2O4. The molecule has 6 nitrogen and oxygen atoms in total. The first-order valence-corrected chi connectivity index (χ1v) is 6.70. The summed E-state index contributed by atoms with van der Waals surface area (Å²) in [4.78, 5) is 22.3. The number of nitrogens with zero attached hydrogens (tertiary/aromatic N) is 1. The lowest BCUT2D eigenvalue weighted by atomic mass is 10.1. The van der Waals surface area contributed by atoms with Crippen LogP contribution in [0.3, 0.4) is 0 Å². The lowest BCUT2D eigenvalue weighted by Gasteiger charge is -2.15. The molecule has 0 bridgehead atoms. The maximum absolute atomic E-state index is 12.2. The summed E-state index contributed by atoms with van der Waals surface area (Å²) in [6.45, 7) is 0.281. The fourth-order valence-corrected chi connectivity index (χ4v) is 2.04. The van der Waals surface area contributed by atoms with Gasteiger partial charge < -0.3 is 10.1 Å². The van der Waals surface area contributed by atoms with Crippen LogP contribution in [-0.4, -0.2) is 17.9 Å². The molecule has 0 radical (unpaired) electrons. The van der Waals surface area contributed by atoms with Crippen LogP contribution in [0.25, 0.3) is 0 Å². The van der Waals surface area contributed by atoms with Gasteiger partial charge in [0.2, 0.25) is 0 Å². The molecule has 22 heavy (non-hydrogen) atoms. The first kappa shape index (κ1) is 15.7. The van der Waals surface area contributed by atoms with Crippen molar-refractivity contribution in [3.63, 3.8) is 0 Å². The van der Waals surface area contributed by atoms with Gasteiger partial charge in [-0.1, -0.05) is 42.5 Å². The van der Waals surface area contributed by atoms with E-state index in [0.29, 0.717) is 0 Å². The largest absolute Gasteiger partial charge is 0.367 e. The van der Waals surface area contributed by atoms with Crippen LogP contribution in [0.1, 0.15) is 17.2 Å². The Kier molecular flexibility index (Phi) is 5.21. The summed E-state index contributed by atoms with van der Waals surface area (Å²) in [5, 5.41) is 13.3. The lowest BCUT2D eigenvalue weighted by molar-refractivity contribution is -0.384. The number of nitro benzene ring substituents is 1. The van der Waals surface area contributed by atoms with E-state index >= 15 is 0 Å². The summed E-state index contributed by atoms with van der Waals surface area (Å²) in [7, 11) is 1.48. The van der Waals surface area contributed by atoms with Crippen LogP contribution in [0.4, 0.5) is 5.69 Å². The van der Waals surface area contributed by atoms with E-state index < -0.39 is 11.0 Å². The number of rotatable bonds is 6. The molecule has 0 fully saturated rings. The number of nitrogens with one attached hydrogen (secondary N) is 1. The van der Waals surface area contributed by atoms with Crippen LogP contribution in [0.2, 0.25) is 0 Å². The highest BCUT2D eigenvalue weighted by molar-refractivity contribution is 5.82. The first-order valence-electron chi connectivity index (χ1n) is 6.70. The molecule has 0 aliphatic rings. The Morgan fingerprint density at radius 3 is 2.36 bits per heavy atom. The quantitative estimate of drug-likeness (QED) is 0.656. The molecule has 0 aliphatic carbocycles. The van der Waals surface area contributed by atoms with Crippen molar-refractivity contribution >= 4 is 11.6 Å². The molecule has 0 aromatic heterocycles. The van der Waals surface area contributed by atoms with E-state index in [2.05, 4.69) is 5.32 Å². The molecule has 0 saturated heterocycles. The molecule has 0 aliphatic heterocycles. The number of nitro groups is 1. The molecule has 1 N–H and O–H groups in total. The molecule has 2 aromatic carbocycles. The predicted molar refractivity (Wildman–Crippen MR) is 81.1 cm³/mol. The molecular weight excluding hydrogens is 284 g/mol. The van der Waals surface area contributed by atoms with Crippen LogP contribution in [0.15, 0.2) is 54.6 Å². The van der Waals surface area contributed by atoms with Crippen molar-refractivity contribution in [3.8, 4) is 0 Å². The fourth-order valence-electron chi connectivity index (χ4n) is 2.04. The number of ether oxygens (including phenoxy) is 1. The zero-order chi connectivity index (χ0) is 15.9. The number of hydrogen-bond donors (Lipinski definition) is 1.